The van der Waals surface area contributed by atoms with Gasteiger partial charge in [-0.3, -0.25) is 4.79 Å². The van der Waals surface area contributed by atoms with E-state index in [4.69, 9.17) is 28.4 Å². The molecule has 0 bridgehead atoms. The summed E-state index contributed by atoms with van der Waals surface area (Å²) in [6, 6.07) is 0. The maximum atomic E-state index is 11.8. The molecular formula is C13H22O8. The molecule has 0 saturated heterocycles. The zero-order chi connectivity index (χ0) is 16.7. The first-order valence-electron chi connectivity index (χ1n) is 5.98. The third kappa shape index (κ3) is 6.21. The van der Waals surface area contributed by atoms with Crippen LogP contribution in [0.15, 0.2) is 12.2 Å². The Morgan fingerprint density at radius 3 is 1.62 bits per heavy atom. The van der Waals surface area contributed by atoms with Gasteiger partial charge < -0.3 is 28.4 Å². The van der Waals surface area contributed by atoms with E-state index in [1.165, 1.54) is 42.3 Å². The van der Waals surface area contributed by atoms with Gasteiger partial charge in [-0.1, -0.05) is 6.58 Å². The summed E-state index contributed by atoms with van der Waals surface area (Å²) in [6.45, 7) is 6.25. The van der Waals surface area contributed by atoms with E-state index in [-0.39, 0.29) is 5.57 Å². The molecule has 0 N–H and O–H groups in total. The molecular weight excluding hydrogens is 284 g/mol. The second-order valence-corrected chi connectivity index (χ2v) is 4.19. The zero-order valence-electron chi connectivity index (χ0n) is 13.2. The van der Waals surface area contributed by atoms with E-state index in [0.29, 0.717) is 0 Å². The number of carbonyl (C=O) groups is 2. The molecule has 0 aliphatic carbocycles. The Morgan fingerprint density at radius 1 is 0.857 bits per heavy atom. The molecule has 0 unspecified atom stereocenters. The van der Waals surface area contributed by atoms with Gasteiger partial charge in [0.2, 0.25) is 0 Å². The number of rotatable bonds is 9. The Kier molecular flexibility index (Phi) is 7.51. The summed E-state index contributed by atoms with van der Waals surface area (Å²) in [6.07, 6.45) is -0.398. The standard InChI is InChI=1S/C13H22O8/c1-9(11(15)21-13(3,18-6)19-7)8-10(14)20-12(2,16-4)17-5/h1,8H2,2-7H3. The van der Waals surface area contributed by atoms with Crippen LogP contribution < -0.4 is 0 Å². The first-order valence-corrected chi connectivity index (χ1v) is 5.98. The largest absolute Gasteiger partial charge is 0.408 e. The summed E-state index contributed by atoms with van der Waals surface area (Å²) < 4.78 is 29.3. The molecule has 0 aliphatic heterocycles. The minimum Gasteiger partial charge on any atom is -0.408 e. The maximum absolute atomic E-state index is 11.8. The normalized spacial score (nSPS) is 11.9. The minimum absolute atomic E-state index is 0.130. The molecule has 0 fully saturated rings. The van der Waals surface area contributed by atoms with Gasteiger partial charge >= 0.3 is 23.9 Å². The first-order chi connectivity index (χ1) is 9.65. The molecule has 0 saturated carbocycles. The average Bonchev–Trinajstić information content (AvgIpc) is 2.46. The minimum atomic E-state index is -1.56. The van der Waals surface area contributed by atoms with Crippen LogP contribution in [0.4, 0.5) is 0 Å². The molecule has 0 spiro atoms. The molecule has 8 nitrogen and oxygen atoms in total. The first kappa shape index (κ1) is 19.5. The quantitative estimate of drug-likeness (QED) is 0.353. The van der Waals surface area contributed by atoms with E-state index in [1.807, 2.05) is 0 Å². The summed E-state index contributed by atoms with van der Waals surface area (Å²) >= 11 is 0. The highest BCUT2D eigenvalue weighted by Crippen LogP contribution is 2.18. The molecule has 0 radical (unpaired) electrons. The molecule has 0 aromatic carbocycles. The van der Waals surface area contributed by atoms with Gasteiger partial charge in [-0.15, -0.1) is 0 Å². The van der Waals surface area contributed by atoms with E-state index in [2.05, 4.69) is 6.58 Å². The molecule has 0 aliphatic rings. The SMILES string of the molecule is C=C(CC(=O)OC(C)(OC)OC)C(=O)OC(C)(OC)OC. The fourth-order valence-corrected chi connectivity index (χ4v) is 1.06. The predicted octanol–water partition coefficient (Wildman–Crippen LogP) is 0.952. The summed E-state index contributed by atoms with van der Waals surface area (Å²) in [5.74, 6) is -4.71. The lowest BCUT2D eigenvalue weighted by Crippen LogP contribution is -2.37. The Hall–Kier alpha value is -1.48. The molecule has 122 valence electrons. The summed E-state index contributed by atoms with van der Waals surface area (Å²) in [7, 11) is 5.22. The summed E-state index contributed by atoms with van der Waals surface area (Å²) in [5.41, 5.74) is -0.130. The van der Waals surface area contributed by atoms with Crippen molar-refractivity contribution in [1.29, 1.82) is 0 Å². The smallest absolute Gasteiger partial charge is 0.338 e. The second-order valence-electron chi connectivity index (χ2n) is 4.19. The van der Waals surface area contributed by atoms with E-state index < -0.39 is 30.3 Å². The lowest BCUT2D eigenvalue weighted by atomic mass is 10.2. The van der Waals surface area contributed by atoms with Crippen LogP contribution in [0, 0.1) is 0 Å². The highest BCUT2D eigenvalue weighted by atomic mass is 16.9. The number of carbonyl (C=O) groups excluding carboxylic acids is 2. The molecule has 0 amide bonds. The van der Waals surface area contributed by atoms with E-state index in [1.54, 1.807) is 0 Å². The van der Waals surface area contributed by atoms with Crippen molar-refractivity contribution < 1.29 is 38.0 Å². The number of esters is 2. The number of ether oxygens (including phenoxy) is 6. The summed E-state index contributed by atoms with van der Waals surface area (Å²) in [5, 5.41) is 0. The van der Waals surface area contributed by atoms with Gasteiger partial charge in [0, 0.05) is 47.9 Å². The zero-order valence-corrected chi connectivity index (χ0v) is 13.2. The monoisotopic (exact) mass is 306 g/mol. The van der Waals surface area contributed by atoms with Crippen LogP contribution >= 0.6 is 0 Å². The lowest BCUT2D eigenvalue weighted by molar-refractivity contribution is -0.334. The van der Waals surface area contributed by atoms with E-state index in [0.717, 1.165) is 0 Å². The van der Waals surface area contributed by atoms with Crippen molar-refractivity contribution >= 4 is 11.9 Å². The van der Waals surface area contributed by atoms with Gasteiger partial charge in [-0.05, 0) is 0 Å². The third-order valence-corrected chi connectivity index (χ3v) is 2.71. The number of hydrogen-bond acceptors (Lipinski definition) is 8. The number of methoxy groups -OCH3 is 4. The predicted molar refractivity (Wildman–Crippen MR) is 70.8 cm³/mol. The van der Waals surface area contributed by atoms with E-state index in [9.17, 15) is 9.59 Å². The second kappa shape index (κ2) is 8.08. The summed E-state index contributed by atoms with van der Waals surface area (Å²) in [4.78, 5) is 23.4. The highest BCUT2D eigenvalue weighted by molar-refractivity contribution is 5.93. The van der Waals surface area contributed by atoms with Gasteiger partial charge in [-0.2, -0.15) is 0 Å². The van der Waals surface area contributed by atoms with Crippen LogP contribution in [0.2, 0.25) is 0 Å². The van der Waals surface area contributed by atoms with Gasteiger partial charge in [-0.25, -0.2) is 4.79 Å². The fourth-order valence-electron chi connectivity index (χ4n) is 1.06. The molecule has 8 heteroatoms. The van der Waals surface area contributed by atoms with Crippen LogP contribution in [0.5, 0.6) is 0 Å². The van der Waals surface area contributed by atoms with Gasteiger partial charge in [0.25, 0.3) is 0 Å². The third-order valence-electron chi connectivity index (χ3n) is 2.71. The van der Waals surface area contributed by atoms with E-state index >= 15 is 0 Å². The van der Waals surface area contributed by atoms with Crippen molar-refractivity contribution in [2.45, 2.75) is 32.2 Å². The lowest BCUT2D eigenvalue weighted by Gasteiger charge is -2.27. The molecule has 0 rings (SSSR count). The van der Waals surface area contributed by atoms with Crippen molar-refractivity contribution in [3.63, 3.8) is 0 Å². The van der Waals surface area contributed by atoms with Crippen LogP contribution in [-0.4, -0.2) is 52.3 Å². The van der Waals surface area contributed by atoms with Crippen molar-refractivity contribution in [3.8, 4) is 0 Å². The topological polar surface area (TPSA) is 89.5 Å². The van der Waals surface area contributed by atoms with Crippen LogP contribution in [0.25, 0.3) is 0 Å². The van der Waals surface area contributed by atoms with Crippen LogP contribution in [0.1, 0.15) is 20.3 Å². The van der Waals surface area contributed by atoms with Crippen molar-refractivity contribution in [2.75, 3.05) is 28.4 Å². The Labute approximate surface area is 123 Å². The van der Waals surface area contributed by atoms with Crippen molar-refractivity contribution in [3.05, 3.63) is 12.2 Å². The highest BCUT2D eigenvalue weighted by Gasteiger charge is 2.32. The average molecular weight is 306 g/mol. The Balaban J connectivity index is 4.55. The fraction of sp³-hybridized carbons (Fsp3) is 0.692. The van der Waals surface area contributed by atoms with Gasteiger partial charge in [0.1, 0.15) is 0 Å². The molecule has 0 atom stereocenters. The van der Waals surface area contributed by atoms with Crippen molar-refractivity contribution in [2.24, 2.45) is 0 Å². The van der Waals surface area contributed by atoms with Gasteiger partial charge in [0.15, 0.2) is 0 Å². The molecule has 0 heterocycles. The Bertz CT molecular complexity index is 382. The van der Waals surface area contributed by atoms with Crippen LogP contribution in [0.3, 0.4) is 0 Å². The molecule has 0 aromatic heterocycles. The van der Waals surface area contributed by atoms with Crippen LogP contribution in [-0.2, 0) is 38.0 Å². The number of hydrogen-bond donors (Lipinski definition) is 0. The maximum Gasteiger partial charge on any atom is 0.338 e. The van der Waals surface area contributed by atoms with Gasteiger partial charge in [0.05, 0.1) is 6.42 Å². The molecule has 21 heavy (non-hydrogen) atoms. The Morgan fingerprint density at radius 2 is 1.24 bits per heavy atom. The van der Waals surface area contributed by atoms with Crippen molar-refractivity contribution in [1.82, 2.24) is 0 Å². The molecule has 0 aromatic rings.